The van der Waals surface area contributed by atoms with Crippen LogP contribution in [-0.4, -0.2) is 26.7 Å². The molecule has 0 unspecified atom stereocenters. The van der Waals surface area contributed by atoms with Crippen molar-refractivity contribution in [3.05, 3.63) is 46.4 Å². The SMILES string of the molecule is CCc1ccc(OCC(=O)Nc2ccc(OC)cc2OC)c(Br)c1. The second kappa shape index (κ2) is 8.59. The van der Waals surface area contributed by atoms with Gasteiger partial charge in [0.15, 0.2) is 6.61 Å². The summed E-state index contributed by atoms with van der Waals surface area (Å²) in [4.78, 5) is 12.1. The number of benzene rings is 2. The molecule has 6 heteroatoms. The van der Waals surface area contributed by atoms with Crippen LogP contribution < -0.4 is 19.5 Å². The maximum absolute atomic E-state index is 12.1. The Morgan fingerprint density at radius 2 is 1.88 bits per heavy atom. The molecule has 0 bridgehead atoms. The highest BCUT2D eigenvalue weighted by atomic mass is 79.9. The molecular weight excluding hydrogens is 374 g/mol. The lowest BCUT2D eigenvalue weighted by molar-refractivity contribution is -0.118. The van der Waals surface area contributed by atoms with Gasteiger partial charge in [-0.1, -0.05) is 13.0 Å². The van der Waals surface area contributed by atoms with Gasteiger partial charge in [0.25, 0.3) is 5.91 Å². The number of amides is 1. The Kier molecular flexibility index (Phi) is 6.49. The molecule has 0 fully saturated rings. The van der Waals surface area contributed by atoms with Crippen LogP contribution in [0, 0.1) is 0 Å². The average Bonchev–Trinajstić information content (AvgIpc) is 2.60. The maximum atomic E-state index is 12.1. The van der Waals surface area contributed by atoms with Gasteiger partial charge >= 0.3 is 0 Å². The van der Waals surface area contributed by atoms with Crippen molar-refractivity contribution >= 4 is 27.5 Å². The summed E-state index contributed by atoms with van der Waals surface area (Å²) in [5, 5.41) is 2.77. The molecule has 24 heavy (non-hydrogen) atoms. The van der Waals surface area contributed by atoms with Gasteiger partial charge in [0.1, 0.15) is 17.2 Å². The molecule has 2 aromatic carbocycles. The molecule has 1 N–H and O–H groups in total. The van der Waals surface area contributed by atoms with E-state index >= 15 is 0 Å². The molecule has 0 aliphatic heterocycles. The van der Waals surface area contributed by atoms with Crippen molar-refractivity contribution in [3.63, 3.8) is 0 Å². The molecule has 0 aliphatic carbocycles. The van der Waals surface area contributed by atoms with Crippen LogP contribution in [0.3, 0.4) is 0 Å². The minimum absolute atomic E-state index is 0.0980. The molecule has 0 heterocycles. The Morgan fingerprint density at radius 3 is 2.50 bits per heavy atom. The fourth-order valence-corrected chi connectivity index (χ4v) is 2.65. The van der Waals surface area contributed by atoms with E-state index in [1.807, 2.05) is 18.2 Å². The second-order valence-corrected chi connectivity index (χ2v) is 5.88. The van der Waals surface area contributed by atoms with E-state index in [1.165, 1.54) is 12.7 Å². The van der Waals surface area contributed by atoms with Crippen molar-refractivity contribution < 1.29 is 19.0 Å². The van der Waals surface area contributed by atoms with Crippen LogP contribution in [0.25, 0.3) is 0 Å². The topological polar surface area (TPSA) is 56.8 Å². The third-order valence-electron chi connectivity index (χ3n) is 3.45. The Hall–Kier alpha value is -2.21. The molecular formula is C18H20BrNO4. The number of carbonyl (C=O) groups excluding carboxylic acids is 1. The predicted molar refractivity (Wildman–Crippen MR) is 97.2 cm³/mol. The highest BCUT2D eigenvalue weighted by molar-refractivity contribution is 9.10. The highest BCUT2D eigenvalue weighted by Crippen LogP contribution is 2.29. The van der Waals surface area contributed by atoms with Gasteiger partial charge in [0, 0.05) is 6.07 Å². The van der Waals surface area contributed by atoms with Crippen molar-refractivity contribution in [1.82, 2.24) is 0 Å². The van der Waals surface area contributed by atoms with Gasteiger partial charge in [-0.3, -0.25) is 4.79 Å². The summed E-state index contributed by atoms with van der Waals surface area (Å²) in [6.07, 6.45) is 0.941. The van der Waals surface area contributed by atoms with Gasteiger partial charge in [0.05, 0.1) is 24.4 Å². The maximum Gasteiger partial charge on any atom is 0.262 e. The number of hydrogen-bond donors (Lipinski definition) is 1. The van der Waals surface area contributed by atoms with Gasteiger partial charge in [-0.05, 0) is 52.2 Å². The molecule has 1 amide bonds. The zero-order chi connectivity index (χ0) is 17.5. The Labute approximate surface area is 150 Å². The van der Waals surface area contributed by atoms with Crippen molar-refractivity contribution in [3.8, 4) is 17.2 Å². The van der Waals surface area contributed by atoms with E-state index in [-0.39, 0.29) is 12.5 Å². The molecule has 5 nitrogen and oxygen atoms in total. The normalized spacial score (nSPS) is 10.2. The monoisotopic (exact) mass is 393 g/mol. The smallest absolute Gasteiger partial charge is 0.262 e. The Morgan fingerprint density at radius 1 is 1.08 bits per heavy atom. The van der Waals surface area contributed by atoms with E-state index in [9.17, 15) is 4.79 Å². The van der Waals surface area contributed by atoms with Gasteiger partial charge in [0.2, 0.25) is 0 Å². The Balaban J connectivity index is 1.99. The van der Waals surface area contributed by atoms with Crippen molar-refractivity contribution in [2.24, 2.45) is 0 Å². The first-order valence-electron chi connectivity index (χ1n) is 7.50. The summed E-state index contributed by atoms with van der Waals surface area (Å²) in [6.45, 7) is 1.98. The van der Waals surface area contributed by atoms with E-state index in [2.05, 4.69) is 28.2 Å². The lowest BCUT2D eigenvalue weighted by Crippen LogP contribution is -2.20. The van der Waals surface area contributed by atoms with Crippen LogP contribution in [0.15, 0.2) is 40.9 Å². The lowest BCUT2D eigenvalue weighted by Gasteiger charge is -2.13. The molecule has 2 rings (SSSR count). The van der Waals surface area contributed by atoms with Gasteiger partial charge < -0.3 is 19.5 Å². The van der Waals surface area contributed by atoms with Crippen molar-refractivity contribution in [1.29, 1.82) is 0 Å². The first-order chi connectivity index (χ1) is 11.6. The molecule has 0 radical (unpaired) electrons. The molecule has 0 saturated carbocycles. The first kappa shape index (κ1) is 18.1. The number of aryl methyl sites for hydroxylation is 1. The number of ether oxygens (including phenoxy) is 3. The Bertz CT molecular complexity index is 718. The summed E-state index contributed by atoms with van der Waals surface area (Å²) < 4.78 is 16.8. The van der Waals surface area contributed by atoms with Crippen LogP contribution >= 0.6 is 15.9 Å². The zero-order valence-corrected chi connectivity index (χ0v) is 15.5. The molecule has 0 spiro atoms. The van der Waals surface area contributed by atoms with Crippen LogP contribution in [0.5, 0.6) is 17.2 Å². The standard InChI is InChI=1S/C18H20BrNO4/c1-4-12-5-8-16(14(19)9-12)24-11-18(21)20-15-7-6-13(22-2)10-17(15)23-3/h5-10H,4,11H2,1-3H3,(H,20,21). The molecule has 0 saturated heterocycles. The minimum Gasteiger partial charge on any atom is -0.497 e. The fraction of sp³-hybridized carbons (Fsp3) is 0.278. The third kappa shape index (κ3) is 4.64. The van der Waals surface area contributed by atoms with Gasteiger partial charge in [-0.15, -0.1) is 0 Å². The predicted octanol–water partition coefficient (Wildman–Crippen LogP) is 4.05. The van der Waals surface area contributed by atoms with Crippen LogP contribution in [0.4, 0.5) is 5.69 Å². The van der Waals surface area contributed by atoms with Crippen molar-refractivity contribution in [2.75, 3.05) is 26.1 Å². The largest absolute Gasteiger partial charge is 0.497 e. The van der Waals surface area contributed by atoms with Crippen LogP contribution in [-0.2, 0) is 11.2 Å². The number of rotatable bonds is 7. The molecule has 0 aromatic heterocycles. The summed E-state index contributed by atoms with van der Waals surface area (Å²) in [6, 6.07) is 11.0. The van der Waals surface area contributed by atoms with E-state index in [0.717, 1.165) is 10.9 Å². The molecule has 128 valence electrons. The lowest BCUT2D eigenvalue weighted by atomic mass is 10.2. The van der Waals surface area contributed by atoms with Crippen molar-refractivity contribution in [2.45, 2.75) is 13.3 Å². The number of halogens is 1. The van der Waals surface area contributed by atoms with E-state index in [1.54, 1.807) is 25.3 Å². The summed E-state index contributed by atoms with van der Waals surface area (Å²) >= 11 is 3.45. The first-order valence-corrected chi connectivity index (χ1v) is 8.29. The number of carbonyl (C=O) groups is 1. The van der Waals surface area contributed by atoms with Crippen LogP contribution in [0.1, 0.15) is 12.5 Å². The number of nitrogens with one attached hydrogen (secondary N) is 1. The number of methoxy groups -OCH3 is 2. The third-order valence-corrected chi connectivity index (χ3v) is 4.07. The average molecular weight is 394 g/mol. The van der Waals surface area contributed by atoms with Crippen LogP contribution in [0.2, 0.25) is 0 Å². The van der Waals surface area contributed by atoms with E-state index in [0.29, 0.717) is 22.9 Å². The zero-order valence-electron chi connectivity index (χ0n) is 13.9. The minimum atomic E-state index is -0.273. The second-order valence-electron chi connectivity index (χ2n) is 5.02. The summed E-state index contributed by atoms with van der Waals surface area (Å²) in [5.41, 5.74) is 1.76. The summed E-state index contributed by atoms with van der Waals surface area (Å²) in [5.74, 6) is 1.53. The van der Waals surface area contributed by atoms with E-state index < -0.39 is 0 Å². The van der Waals surface area contributed by atoms with Gasteiger partial charge in [-0.2, -0.15) is 0 Å². The number of hydrogen-bond acceptors (Lipinski definition) is 4. The van der Waals surface area contributed by atoms with Gasteiger partial charge in [-0.25, -0.2) is 0 Å². The van der Waals surface area contributed by atoms with E-state index in [4.69, 9.17) is 14.2 Å². The molecule has 0 aliphatic rings. The fourth-order valence-electron chi connectivity index (χ4n) is 2.11. The highest BCUT2D eigenvalue weighted by Gasteiger charge is 2.10. The molecule has 0 atom stereocenters. The quantitative estimate of drug-likeness (QED) is 0.770. The summed E-state index contributed by atoms with van der Waals surface area (Å²) in [7, 11) is 3.11. The molecule has 2 aromatic rings. The number of anilines is 1.